The van der Waals surface area contributed by atoms with Gasteiger partial charge >= 0.3 is 11.9 Å². The van der Waals surface area contributed by atoms with Gasteiger partial charge in [-0.2, -0.15) is 0 Å². The predicted molar refractivity (Wildman–Crippen MR) is 113 cm³/mol. The van der Waals surface area contributed by atoms with Crippen LogP contribution in [0.2, 0.25) is 0 Å². The van der Waals surface area contributed by atoms with E-state index in [2.05, 4.69) is 0 Å². The monoisotopic (exact) mass is 404 g/mol. The van der Waals surface area contributed by atoms with Crippen LogP contribution >= 0.6 is 0 Å². The summed E-state index contributed by atoms with van der Waals surface area (Å²) in [6.45, 7) is 1.49. The van der Waals surface area contributed by atoms with Gasteiger partial charge in [0.05, 0.1) is 22.1 Å². The quantitative estimate of drug-likeness (QED) is 0.502. The molecular weight excluding hydrogens is 384 g/mol. The maximum Gasteiger partial charge on any atom is 0.303 e. The van der Waals surface area contributed by atoms with Gasteiger partial charge in [-0.15, -0.1) is 0 Å². The van der Waals surface area contributed by atoms with E-state index in [-0.39, 0.29) is 18.7 Å². The summed E-state index contributed by atoms with van der Waals surface area (Å²) in [6.07, 6.45) is 0.908. The molecule has 0 unspecified atom stereocenters. The van der Waals surface area contributed by atoms with E-state index in [4.69, 9.17) is 15.2 Å². The van der Waals surface area contributed by atoms with E-state index in [9.17, 15) is 14.4 Å². The van der Waals surface area contributed by atoms with Gasteiger partial charge in [0.1, 0.15) is 0 Å². The Labute approximate surface area is 171 Å². The van der Waals surface area contributed by atoms with Crippen LogP contribution in [0.4, 0.5) is 0 Å². The molecule has 0 saturated carbocycles. The number of carboxylic acids is 2. The lowest BCUT2D eigenvalue weighted by Gasteiger charge is -2.05. The van der Waals surface area contributed by atoms with Crippen LogP contribution in [0.5, 0.6) is 0 Å². The fraction of sp³-hybridized carbons (Fsp3) is 0.217. The molecule has 0 aliphatic heterocycles. The number of aromatic nitrogens is 2. The molecule has 2 aromatic heterocycles. The lowest BCUT2D eigenvalue weighted by atomic mass is 10.1. The number of carbonyl (C=O) groups is 3. The van der Waals surface area contributed by atoms with E-state index in [1.54, 1.807) is 4.57 Å². The summed E-state index contributed by atoms with van der Waals surface area (Å²) in [4.78, 5) is 38.9. The molecular formula is C23H20N2O5. The Hall–Kier alpha value is -3.74. The summed E-state index contributed by atoms with van der Waals surface area (Å²) in [5.74, 6) is -1.85. The minimum Gasteiger partial charge on any atom is -0.481 e. The molecule has 4 aromatic rings. The topological polar surface area (TPSA) is 109 Å². The summed E-state index contributed by atoms with van der Waals surface area (Å²) >= 11 is 0. The average Bonchev–Trinajstić information content (AvgIpc) is 3.01. The van der Waals surface area contributed by atoms with Crippen LogP contribution in [0.3, 0.4) is 0 Å². The van der Waals surface area contributed by atoms with Crippen LogP contribution in [-0.4, -0.2) is 37.6 Å². The normalized spacial score (nSPS) is 11.4. The van der Waals surface area contributed by atoms with Crippen molar-refractivity contribution in [2.24, 2.45) is 0 Å². The number of carbonyl (C=O) groups excluding carboxylic acids is 1. The summed E-state index contributed by atoms with van der Waals surface area (Å²) in [5, 5.41) is 19.5. The number of rotatable bonds is 6. The molecule has 0 saturated heterocycles. The molecule has 7 heteroatoms. The van der Waals surface area contributed by atoms with Gasteiger partial charge in [-0.05, 0) is 54.3 Å². The van der Waals surface area contributed by atoms with Crippen molar-refractivity contribution in [1.82, 2.24) is 9.55 Å². The molecule has 0 bridgehead atoms. The highest BCUT2D eigenvalue weighted by atomic mass is 16.4. The third-order valence-electron chi connectivity index (χ3n) is 5.23. The second-order valence-electron chi connectivity index (χ2n) is 7.38. The summed E-state index contributed by atoms with van der Waals surface area (Å²) in [5.41, 5.74) is 4.61. The first-order valence-corrected chi connectivity index (χ1v) is 9.65. The first-order valence-electron chi connectivity index (χ1n) is 9.65. The van der Waals surface area contributed by atoms with E-state index < -0.39 is 11.9 Å². The molecule has 4 rings (SSSR count). The van der Waals surface area contributed by atoms with Gasteiger partial charge in [0, 0.05) is 30.5 Å². The van der Waals surface area contributed by atoms with Crippen LogP contribution in [-0.2, 0) is 22.4 Å². The molecule has 152 valence electrons. The number of hydrogen-bond donors (Lipinski definition) is 2. The van der Waals surface area contributed by atoms with Gasteiger partial charge in [-0.1, -0.05) is 12.1 Å². The van der Waals surface area contributed by atoms with Gasteiger partial charge in [-0.25, -0.2) is 4.98 Å². The Balaban J connectivity index is 1.90. The van der Waals surface area contributed by atoms with Gasteiger partial charge in [0.2, 0.25) is 5.91 Å². The molecule has 7 nitrogen and oxygen atoms in total. The van der Waals surface area contributed by atoms with Gasteiger partial charge in [0.15, 0.2) is 0 Å². The zero-order valence-electron chi connectivity index (χ0n) is 16.4. The second-order valence-corrected chi connectivity index (χ2v) is 7.38. The smallest absolute Gasteiger partial charge is 0.303 e. The van der Waals surface area contributed by atoms with Crippen LogP contribution in [0.15, 0.2) is 42.5 Å². The standard InChI is InChI=1S/C23H20N2O5/c1-13(26)25-19-7-3-15(5-9-22(29)30)11-17(19)23-20(25)12-16-10-14(4-8-21(27)28)2-6-18(16)24-23/h2-3,6-7,10-12H,4-5,8-9H2,1H3,(H,27,28)(H,29,30). The molecule has 0 fully saturated rings. The van der Waals surface area contributed by atoms with Crippen LogP contribution in [0.25, 0.3) is 32.8 Å². The largest absolute Gasteiger partial charge is 0.481 e. The number of hydrogen-bond acceptors (Lipinski definition) is 4. The van der Waals surface area contributed by atoms with Crippen molar-refractivity contribution in [3.05, 3.63) is 53.6 Å². The first-order chi connectivity index (χ1) is 14.3. The van der Waals surface area contributed by atoms with Crippen molar-refractivity contribution in [3.8, 4) is 0 Å². The van der Waals surface area contributed by atoms with Gasteiger partial charge in [0.25, 0.3) is 0 Å². The minimum atomic E-state index is -0.857. The van der Waals surface area contributed by atoms with Crippen LogP contribution in [0, 0.1) is 0 Å². The van der Waals surface area contributed by atoms with Crippen LogP contribution in [0.1, 0.15) is 35.7 Å². The molecule has 30 heavy (non-hydrogen) atoms. The highest BCUT2D eigenvalue weighted by Crippen LogP contribution is 2.31. The number of carboxylic acid groups (broad SMARTS) is 2. The lowest BCUT2D eigenvalue weighted by Crippen LogP contribution is -2.05. The summed E-state index contributed by atoms with van der Waals surface area (Å²) in [6, 6.07) is 13.1. The van der Waals surface area contributed by atoms with Crippen molar-refractivity contribution in [1.29, 1.82) is 0 Å². The Morgan fingerprint density at radius 3 is 2.13 bits per heavy atom. The maximum atomic E-state index is 12.4. The zero-order valence-corrected chi connectivity index (χ0v) is 16.4. The Morgan fingerprint density at radius 1 is 0.867 bits per heavy atom. The number of aryl methyl sites for hydroxylation is 2. The van der Waals surface area contributed by atoms with Gasteiger partial charge in [-0.3, -0.25) is 19.0 Å². The summed E-state index contributed by atoms with van der Waals surface area (Å²) < 4.78 is 1.61. The number of fused-ring (bicyclic) bond motifs is 4. The third-order valence-corrected chi connectivity index (χ3v) is 5.23. The minimum absolute atomic E-state index is 0.0341. The van der Waals surface area contributed by atoms with Crippen molar-refractivity contribution in [3.63, 3.8) is 0 Å². The van der Waals surface area contributed by atoms with Crippen LogP contribution < -0.4 is 0 Å². The third kappa shape index (κ3) is 3.61. The number of nitrogens with zero attached hydrogens (tertiary/aromatic N) is 2. The number of benzene rings is 2. The molecule has 0 aliphatic carbocycles. The summed E-state index contributed by atoms with van der Waals surface area (Å²) in [7, 11) is 0. The molecule has 0 radical (unpaired) electrons. The Bertz CT molecular complexity index is 1340. The molecule has 0 amide bonds. The molecule has 0 atom stereocenters. The molecule has 2 aromatic carbocycles. The van der Waals surface area contributed by atoms with Crippen molar-refractivity contribution in [2.45, 2.75) is 32.6 Å². The van der Waals surface area contributed by atoms with E-state index in [1.165, 1.54) is 6.92 Å². The van der Waals surface area contributed by atoms with Crippen molar-refractivity contribution in [2.75, 3.05) is 0 Å². The molecule has 0 aliphatic rings. The van der Waals surface area contributed by atoms with Crippen molar-refractivity contribution >= 4 is 50.7 Å². The lowest BCUT2D eigenvalue weighted by molar-refractivity contribution is -0.138. The fourth-order valence-electron chi connectivity index (χ4n) is 3.83. The number of aliphatic carboxylic acids is 2. The maximum absolute atomic E-state index is 12.4. The molecule has 2 N–H and O–H groups in total. The van der Waals surface area contributed by atoms with E-state index >= 15 is 0 Å². The van der Waals surface area contributed by atoms with Crippen molar-refractivity contribution < 1.29 is 24.6 Å². The fourth-order valence-corrected chi connectivity index (χ4v) is 3.83. The second kappa shape index (κ2) is 7.59. The van der Waals surface area contributed by atoms with E-state index in [0.29, 0.717) is 23.9 Å². The first kappa shape index (κ1) is 19.6. The predicted octanol–water partition coefficient (Wildman–Crippen LogP) is 4.04. The number of pyridine rings is 1. The average molecular weight is 404 g/mol. The zero-order chi connectivity index (χ0) is 21.4. The molecule has 0 spiro atoms. The Kier molecular flexibility index (Phi) is 4.95. The highest BCUT2D eigenvalue weighted by Gasteiger charge is 2.16. The van der Waals surface area contributed by atoms with Gasteiger partial charge < -0.3 is 10.2 Å². The molecule has 2 heterocycles. The SMILES string of the molecule is CC(=O)n1c2ccc(CCC(=O)O)cc2c2nc3ccc(CCC(=O)O)cc3cc21. The Morgan fingerprint density at radius 2 is 1.50 bits per heavy atom. The highest BCUT2D eigenvalue weighted by molar-refractivity contribution is 6.13. The van der Waals surface area contributed by atoms with E-state index in [1.807, 2.05) is 42.5 Å². The van der Waals surface area contributed by atoms with E-state index in [0.717, 1.165) is 32.9 Å².